The highest BCUT2D eigenvalue weighted by atomic mass is 16.5. The van der Waals surface area contributed by atoms with E-state index in [1.54, 1.807) is 7.11 Å². The number of benzene rings is 1. The Kier molecular flexibility index (Phi) is 7.18. The summed E-state index contributed by atoms with van der Waals surface area (Å²) in [4.78, 5) is 0. The number of ether oxygens (including phenoxy) is 3. The average Bonchev–Trinajstić information content (AvgIpc) is 2.36. The molecule has 0 aliphatic carbocycles. The number of quaternary nitrogens is 1. The quantitative estimate of drug-likeness (QED) is 0.645. The Morgan fingerprint density at radius 2 is 1.53 bits per heavy atom. The largest absolute Gasteiger partial charge is 0.494 e. The van der Waals surface area contributed by atoms with E-state index < -0.39 is 0 Å². The molecule has 0 saturated carbocycles. The highest BCUT2D eigenvalue weighted by Gasteiger charge is 1.96. The van der Waals surface area contributed by atoms with Crippen molar-refractivity contribution in [3.63, 3.8) is 0 Å². The molecule has 0 aliphatic rings. The summed E-state index contributed by atoms with van der Waals surface area (Å²) in [6.45, 7) is 6.06. The van der Waals surface area contributed by atoms with Gasteiger partial charge in [0, 0.05) is 7.11 Å². The van der Waals surface area contributed by atoms with Crippen LogP contribution in [0.3, 0.4) is 0 Å². The molecule has 0 spiro atoms. The minimum atomic E-state index is 0.689. The molecule has 0 bridgehead atoms. The molecule has 2 N–H and O–H groups in total. The van der Waals surface area contributed by atoms with E-state index in [9.17, 15) is 0 Å². The topological polar surface area (TPSA) is 44.3 Å². The Labute approximate surface area is 103 Å². The Balaban J connectivity index is 2.14. The minimum Gasteiger partial charge on any atom is -0.494 e. The van der Waals surface area contributed by atoms with Crippen LogP contribution in [0.25, 0.3) is 0 Å². The van der Waals surface area contributed by atoms with Crippen molar-refractivity contribution in [2.45, 2.75) is 6.92 Å². The Hall–Kier alpha value is -1.26. The summed E-state index contributed by atoms with van der Waals surface area (Å²) in [5, 5.41) is 2.18. The van der Waals surface area contributed by atoms with E-state index in [2.05, 4.69) is 5.32 Å². The van der Waals surface area contributed by atoms with Gasteiger partial charge in [0.05, 0.1) is 19.8 Å². The van der Waals surface area contributed by atoms with E-state index in [1.807, 2.05) is 31.2 Å². The van der Waals surface area contributed by atoms with Crippen molar-refractivity contribution in [1.82, 2.24) is 0 Å². The maximum Gasteiger partial charge on any atom is 0.137 e. The zero-order valence-corrected chi connectivity index (χ0v) is 10.6. The molecule has 96 valence electrons. The molecule has 4 heteroatoms. The second-order valence-corrected chi connectivity index (χ2v) is 3.61. The van der Waals surface area contributed by atoms with Gasteiger partial charge in [-0.2, -0.15) is 0 Å². The molecule has 17 heavy (non-hydrogen) atoms. The van der Waals surface area contributed by atoms with Gasteiger partial charge in [-0.25, -0.2) is 0 Å². The molecule has 0 unspecified atom stereocenters. The molecule has 0 aromatic heterocycles. The molecule has 4 nitrogen and oxygen atoms in total. The number of hydrogen-bond acceptors (Lipinski definition) is 3. The fraction of sp³-hybridized carbons (Fsp3) is 0.538. The minimum absolute atomic E-state index is 0.689. The van der Waals surface area contributed by atoms with Gasteiger partial charge in [-0.15, -0.1) is 0 Å². The summed E-state index contributed by atoms with van der Waals surface area (Å²) >= 11 is 0. The predicted octanol–water partition coefficient (Wildman–Crippen LogP) is 0.674. The Morgan fingerprint density at radius 3 is 2.12 bits per heavy atom. The number of methoxy groups -OCH3 is 1. The second-order valence-electron chi connectivity index (χ2n) is 3.61. The Bertz CT molecular complexity index is 287. The molecule has 1 rings (SSSR count). The lowest BCUT2D eigenvalue weighted by molar-refractivity contribution is -0.656. The van der Waals surface area contributed by atoms with E-state index in [0.717, 1.165) is 31.2 Å². The molecule has 0 aliphatic heterocycles. The van der Waals surface area contributed by atoms with Crippen LogP contribution in [0, 0.1) is 0 Å². The molecule has 0 fully saturated rings. The number of nitrogens with two attached hydrogens (primary N) is 1. The van der Waals surface area contributed by atoms with Crippen LogP contribution >= 0.6 is 0 Å². The summed E-state index contributed by atoms with van der Waals surface area (Å²) in [6, 6.07) is 7.71. The standard InChI is InChI=1S/C13H21NO3/c1-3-16-12-4-6-13(7-5-12)17-11-9-14-8-10-15-2/h4-7,14H,3,8-11H2,1-2H3/p+1. The first kappa shape index (κ1) is 13.8. The zero-order valence-electron chi connectivity index (χ0n) is 10.6. The van der Waals surface area contributed by atoms with Crippen molar-refractivity contribution in [3.8, 4) is 11.5 Å². The van der Waals surface area contributed by atoms with Crippen molar-refractivity contribution in [3.05, 3.63) is 24.3 Å². The van der Waals surface area contributed by atoms with Crippen LogP contribution in [0.15, 0.2) is 24.3 Å². The Morgan fingerprint density at radius 1 is 0.941 bits per heavy atom. The van der Waals surface area contributed by atoms with Crippen LogP contribution in [0.2, 0.25) is 0 Å². The second kappa shape index (κ2) is 8.84. The summed E-state index contributed by atoms with van der Waals surface area (Å²) in [7, 11) is 1.71. The lowest BCUT2D eigenvalue weighted by atomic mass is 10.3. The fourth-order valence-electron chi connectivity index (χ4n) is 1.40. The molecule has 0 atom stereocenters. The summed E-state index contributed by atoms with van der Waals surface area (Å²) < 4.78 is 15.9. The van der Waals surface area contributed by atoms with E-state index >= 15 is 0 Å². The lowest BCUT2D eigenvalue weighted by Gasteiger charge is -2.07. The van der Waals surface area contributed by atoms with Crippen LogP contribution in [-0.4, -0.2) is 40.0 Å². The van der Waals surface area contributed by atoms with Gasteiger partial charge in [-0.3, -0.25) is 0 Å². The number of rotatable bonds is 9. The van der Waals surface area contributed by atoms with Gasteiger partial charge in [0.1, 0.15) is 24.7 Å². The molecular formula is C13H22NO3+. The van der Waals surface area contributed by atoms with Crippen LogP contribution in [0.1, 0.15) is 6.92 Å². The van der Waals surface area contributed by atoms with Crippen LogP contribution in [0.5, 0.6) is 11.5 Å². The van der Waals surface area contributed by atoms with Crippen LogP contribution in [0.4, 0.5) is 0 Å². The molecule has 0 heterocycles. The van der Waals surface area contributed by atoms with E-state index in [1.165, 1.54) is 0 Å². The molecular weight excluding hydrogens is 218 g/mol. The van der Waals surface area contributed by atoms with Gasteiger partial charge in [0.15, 0.2) is 0 Å². The van der Waals surface area contributed by atoms with Gasteiger partial charge >= 0.3 is 0 Å². The number of hydrogen-bond donors (Lipinski definition) is 1. The first-order chi connectivity index (χ1) is 8.36. The summed E-state index contributed by atoms with van der Waals surface area (Å²) in [5.41, 5.74) is 0. The van der Waals surface area contributed by atoms with Gasteiger partial charge in [-0.05, 0) is 31.2 Å². The first-order valence-corrected chi connectivity index (χ1v) is 6.03. The molecule has 1 aromatic carbocycles. The van der Waals surface area contributed by atoms with E-state index in [0.29, 0.717) is 13.2 Å². The average molecular weight is 240 g/mol. The predicted molar refractivity (Wildman–Crippen MR) is 66.6 cm³/mol. The van der Waals surface area contributed by atoms with Gasteiger partial charge in [-0.1, -0.05) is 0 Å². The lowest BCUT2D eigenvalue weighted by Crippen LogP contribution is -2.86. The third-order valence-corrected chi connectivity index (χ3v) is 2.25. The highest BCUT2D eigenvalue weighted by molar-refractivity contribution is 5.31. The normalized spacial score (nSPS) is 10.2. The molecule has 0 saturated heterocycles. The third kappa shape index (κ3) is 6.14. The van der Waals surface area contributed by atoms with Crippen molar-refractivity contribution in [1.29, 1.82) is 0 Å². The van der Waals surface area contributed by atoms with E-state index in [4.69, 9.17) is 14.2 Å². The van der Waals surface area contributed by atoms with Gasteiger partial charge < -0.3 is 19.5 Å². The first-order valence-electron chi connectivity index (χ1n) is 6.03. The van der Waals surface area contributed by atoms with Crippen molar-refractivity contribution in [2.75, 3.05) is 40.0 Å². The molecule has 0 radical (unpaired) electrons. The smallest absolute Gasteiger partial charge is 0.137 e. The van der Waals surface area contributed by atoms with Crippen molar-refractivity contribution in [2.24, 2.45) is 0 Å². The monoisotopic (exact) mass is 240 g/mol. The van der Waals surface area contributed by atoms with Crippen molar-refractivity contribution >= 4 is 0 Å². The zero-order chi connectivity index (χ0) is 12.3. The van der Waals surface area contributed by atoms with E-state index in [-0.39, 0.29) is 0 Å². The summed E-state index contributed by atoms with van der Waals surface area (Å²) in [6.07, 6.45) is 0. The van der Waals surface area contributed by atoms with Gasteiger partial charge in [0.2, 0.25) is 0 Å². The molecule has 1 aromatic rings. The van der Waals surface area contributed by atoms with Crippen LogP contribution in [-0.2, 0) is 4.74 Å². The van der Waals surface area contributed by atoms with Crippen molar-refractivity contribution < 1.29 is 19.5 Å². The highest BCUT2D eigenvalue weighted by Crippen LogP contribution is 2.17. The fourth-order valence-corrected chi connectivity index (χ4v) is 1.40. The SMILES string of the molecule is CCOc1ccc(OCC[NH2+]CCOC)cc1. The molecule has 0 amide bonds. The van der Waals surface area contributed by atoms with Crippen LogP contribution < -0.4 is 14.8 Å². The third-order valence-electron chi connectivity index (χ3n) is 2.25. The maximum absolute atomic E-state index is 5.59. The summed E-state index contributed by atoms with van der Waals surface area (Å²) in [5.74, 6) is 1.76. The maximum atomic E-state index is 5.59. The van der Waals surface area contributed by atoms with Gasteiger partial charge in [0.25, 0.3) is 0 Å².